The van der Waals surface area contributed by atoms with Crippen LogP contribution in [0.4, 0.5) is 5.69 Å². The highest BCUT2D eigenvalue weighted by Gasteiger charge is 2.22. The van der Waals surface area contributed by atoms with Crippen LogP contribution in [0.15, 0.2) is 42.5 Å². The monoisotopic (exact) mass is 347 g/mol. The van der Waals surface area contributed by atoms with Gasteiger partial charge in [-0.05, 0) is 61.2 Å². The first-order chi connectivity index (χ1) is 11.0. The molecule has 3 rings (SSSR count). The Morgan fingerprint density at radius 2 is 1.61 bits per heavy atom. The number of benzene rings is 2. The minimum atomic E-state index is -0.0159. The second-order valence-electron chi connectivity index (χ2n) is 6.17. The lowest BCUT2D eigenvalue weighted by Crippen LogP contribution is -2.33. The van der Waals surface area contributed by atoms with Gasteiger partial charge < -0.3 is 4.90 Å². The van der Waals surface area contributed by atoms with Crippen LogP contribution in [0.5, 0.6) is 0 Å². The Morgan fingerprint density at radius 3 is 2.26 bits per heavy atom. The minimum Gasteiger partial charge on any atom is -0.371 e. The quantitative estimate of drug-likeness (QED) is 0.687. The third-order valence-corrected chi connectivity index (χ3v) is 4.92. The minimum absolute atomic E-state index is 0.0159. The van der Waals surface area contributed by atoms with Gasteiger partial charge in [0.1, 0.15) is 0 Å². The average molecular weight is 348 g/mol. The lowest BCUT2D eigenvalue weighted by molar-refractivity contribution is 0.103. The van der Waals surface area contributed by atoms with Crippen LogP contribution in [0.25, 0.3) is 0 Å². The van der Waals surface area contributed by atoms with E-state index < -0.39 is 0 Å². The molecule has 2 aromatic carbocycles. The molecule has 1 heterocycles. The molecule has 4 heteroatoms. The molecule has 0 atom stereocenters. The molecular formula is C19H19Cl2NO. The molecule has 0 aliphatic carbocycles. The molecule has 0 spiro atoms. The Labute approximate surface area is 147 Å². The zero-order valence-electron chi connectivity index (χ0n) is 13.1. The van der Waals surface area contributed by atoms with E-state index in [0.29, 0.717) is 21.2 Å². The number of hydrogen-bond acceptors (Lipinski definition) is 2. The number of carbonyl (C=O) groups is 1. The van der Waals surface area contributed by atoms with E-state index in [1.165, 1.54) is 0 Å². The van der Waals surface area contributed by atoms with Gasteiger partial charge in [-0.3, -0.25) is 4.79 Å². The van der Waals surface area contributed by atoms with E-state index in [2.05, 4.69) is 11.8 Å². The number of carbonyl (C=O) groups excluding carboxylic acids is 1. The highest BCUT2D eigenvalue weighted by atomic mass is 35.5. The third kappa shape index (κ3) is 3.70. The predicted molar refractivity (Wildman–Crippen MR) is 96.9 cm³/mol. The van der Waals surface area contributed by atoms with E-state index in [1.54, 1.807) is 30.3 Å². The van der Waals surface area contributed by atoms with E-state index in [9.17, 15) is 4.79 Å². The van der Waals surface area contributed by atoms with E-state index in [-0.39, 0.29) is 5.78 Å². The van der Waals surface area contributed by atoms with Crippen molar-refractivity contribution in [3.05, 3.63) is 63.6 Å². The first-order valence-corrected chi connectivity index (χ1v) is 8.65. The van der Waals surface area contributed by atoms with Crippen molar-refractivity contribution in [2.45, 2.75) is 19.8 Å². The van der Waals surface area contributed by atoms with Gasteiger partial charge in [0.05, 0.1) is 0 Å². The van der Waals surface area contributed by atoms with Gasteiger partial charge in [-0.15, -0.1) is 0 Å². The van der Waals surface area contributed by atoms with Crippen molar-refractivity contribution >= 4 is 34.7 Å². The number of nitrogens with zero attached hydrogens (tertiary/aromatic N) is 1. The van der Waals surface area contributed by atoms with E-state index in [4.69, 9.17) is 23.2 Å². The fourth-order valence-corrected chi connectivity index (χ4v) is 3.27. The molecule has 2 aromatic rings. The van der Waals surface area contributed by atoms with E-state index in [0.717, 1.165) is 37.5 Å². The SMILES string of the molecule is CC1CCN(c2ccc(Cl)cc2C(=O)c2ccc(Cl)cc2)CC1. The summed E-state index contributed by atoms with van der Waals surface area (Å²) in [6, 6.07) is 12.6. The van der Waals surface area contributed by atoms with E-state index in [1.807, 2.05) is 12.1 Å². The molecule has 2 nitrogen and oxygen atoms in total. The first kappa shape index (κ1) is 16.4. The topological polar surface area (TPSA) is 20.3 Å². The molecule has 0 unspecified atom stereocenters. The summed E-state index contributed by atoms with van der Waals surface area (Å²) in [6.45, 7) is 4.23. The van der Waals surface area contributed by atoms with Gasteiger partial charge >= 0.3 is 0 Å². The second kappa shape index (κ2) is 6.94. The Balaban J connectivity index is 1.95. The lowest BCUT2D eigenvalue weighted by Gasteiger charge is -2.33. The van der Waals surface area contributed by atoms with Crippen molar-refractivity contribution in [1.29, 1.82) is 0 Å². The van der Waals surface area contributed by atoms with Crippen molar-refractivity contribution in [2.24, 2.45) is 5.92 Å². The fraction of sp³-hybridized carbons (Fsp3) is 0.316. The summed E-state index contributed by atoms with van der Waals surface area (Å²) in [5.41, 5.74) is 2.26. The molecule has 0 aromatic heterocycles. The van der Waals surface area contributed by atoms with Gasteiger partial charge in [0.25, 0.3) is 0 Å². The molecule has 1 aliphatic heterocycles. The molecule has 1 saturated heterocycles. The van der Waals surface area contributed by atoms with Crippen molar-refractivity contribution in [3.8, 4) is 0 Å². The summed E-state index contributed by atoms with van der Waals surface area (Å²) in [5.74, 6) is 0.728. The molecule has 0 amide bonds. The van der Waals surface area contributed by atoms with Crippen LogP contribution in [0.3, 0.4) is 0 Å². The highest BCUT2D eigenvalue weighted by Crippen LogP contribution is 2.30. The van der Waals surface area contributed by atoms with Gasteiger partial charge in [-0.2, -0.15) is 0 Å². The summed E-state index contributed by atoms with van der Waals surface area (Å²) < 4.78 is 0. The van der Waals surface area contributed by atoms with Crippen molar-refractivity contribution in [2.75, 3.05) is 18.0 Å². The second-order valence-corrected chi connectivity index (χ2v) is 7.04. The summed E-state index contributed by atoms with van der Waals surface area (Å²) in [5, 5.41) is 1.20. The van der Waals surface area contributed by atoms with Crippen LogP contribution in [-0.2, 0) is 0 Å². The standard InChI is InChI=1S/C19H19Cl2NO/c1-13-8-10-22(11-9-13)18-7-6-16(21)12-17(18)19(23)14-2-4-15(20)5-3-14/h2-7,12-13H,8-11H2,1H3. The summed E-state index contributed by atoms with van der Waals surface area (Å²) in [7, 11) is 0. The maximum absolute atomic E-state index is 12.9. The van der Waals surface area contributed by atoms with Gasteiger partial charge in [-0.1, -0.05) is 30.1 Å². The molecular weight excluding hydrogens is 329 g/mol. The molecule has 0 bridgehead atoms. The summed E-state index contributed by atoms with van der Waals surface area (Å²) in [6.07, 6.45) is 2.30. The molecule has 0 saturated carbocycles. The van der Waals surface area contributed by atoms with E-state index >= 15 is 0 Å². The number of rotatable bonds is 3. The van der Waals surface area contributed by atoms with Crippen LogP contribution in [0.2, 0.25) is 10.0 Å². The normalized spacial score (nSPS) is 15.7. The van der Waals surface area contributed by atoms with Gasteiger partial charge in [0.2, 0.25) is 0 Å². The molecule has 23 heavy (non-hydrogen) atoms. The fourth-order valence-electron chi connectivity index (χ4n) is 2.97. The smallest absolute Gasteiger partial charge is 0.195 e. The third-order valence-electron chi connectivity index (χ3n) is 4.43. The Bertz CT molecular complexity index is 704. The highest BCUT2D eigenvalue weighted by molar-refractivity contribution is 6.31. The van der Waals surface area contributed by atoms with Crippen LogP contribution in [0, 0.1) is 5.92 Å². The molecule has 1 fully saturated rings. The van der Waals surface area contributed by atoms with Crippen LogP contribution < -0.4 is 4.90 Å². The van der Waals surface area contributed by atoms with Crippen molar-refractivity contribution < 1.29 is 4.79 Å². The predicted octanol–water partition coefficient (Wildman–Crippen LogP) is 5.46. The number of ketones is 1. The van der Waals surface area contributed by atoms with Crippen LogP contribution in [-0.4, -0.2) is 18.9 Å². The lowest BCUT2D eigenvalue weighted by atomic mass is 9.96. The largest absolute Gasteiger partial charge is 0.371 e. The van der Waals surface area contributed by atoms with Crippen molar-refractivity contribution in [1.82, 2.24) is 0 Å². The van der Waals surface area contributed by atoms with Crippen LogP contribution >= 0.6 is 23.2 Å². The number of halogens is 2. The first-order valence-electron chi connectivity index (χ1n) is 7.89. The number of hydrogen-bond donors (Lipinski definition) is 0. The maximum atomic E-state index is 12.9. The maximum Gasteiger partial charge on any atom is 0.195 e. The summed E-state index contributed by atoms with van der Waals surface area (Å²) in [4.78, 5) is 15.2. The molecule has 0 radical (unpaired) electrons. The molecule has 1 aliphatic rings. The summed E-state index contributed by atoms with van der Waals surface area (Å²) >= 11 is 12.1. The Morgan fingerprint density at radius 1 is 1.00 bits per heavy atom. The molecule has 120 valence electrons. The zero-order chi connectivity index (χ0) is 16.4. The average Bonchev–Trinajstić information content (AvgIpc) is 2.56. The Hall–Kier alpha value is -1.51. The molecule has 0 N–H and O–H groups in total. The van der Waals surface area contributed by atoms with Crippen LogP contribution in [0.1, 0.15) is 35.7 Å². The van der Waals surface area contributed by atoms with Gasteiger partial charge in [-0.25, -0.2) is 0 Å². The van der Waals surface area contributed by atoms with Gasteiger partial charge in [0.15, 0.2) is 5.78 Å². The number of piperidine rings is 1. The Kier molecular flexibility index (Phi) is 4.93. The number of anilines is 1. The van der Waals surface area contributed by atoms with Gasteiger partial charge in [0, 0.05) is 39.9 Å². The van der Waals surface area contributed by atoms with Crippen molar-refractivity contribution in [3.63, 3.8) is 0 Å². The zero-order valence-corrected chi connectivity index (χ0v) is 14.6.